The van der Waals surface area contributed by atoms with E-state index in [1.54, 1.807) is 4.90 Å². The molecule has 54 heavy (non-hydrogen) atoms. The Labute approximate surface area is 316 Å². The molecule has 6 aliphatic rings. The van der Waals surface area contributed by atoms with Gasteiger partial charge in [-0.1, -0.05) is 55.7 Å². The Bertz CT molecular complexity index is 1850. The zero-order valence-corrected chi connectivity index (χ0v) is 31.8. The third-order valence-electron chi connectivity index (χ3n) is 11.9. The van der Waals surface area contributed by atoms with E-state index >= 15 is 0 Å². The van der Waals surface area contributed by atoms with Crippen LogP contribution in [0.5, 0.6) is 0 Å². The summed E-state index contributed by atoms with van der Waals surface area (Å²) in [6, 6.07) is 3.69. The van der Waals surface area contributed by atoms with E-state index in [-0.39, 0.29) is 25.3 Å². The van der Waals surface area contributed by atoms with Crippen LogP contribution in [0, 0.1) is 11.8 Å². The number of sulfonamides is 1. The van der Waals surface area contributed by atoms with Gasteiger partial charge < -0.3 is 25.0 Å². The molecule has 292 valence electrons. The van der Waals surface area contributed by atoms with E-state index in [4.69, 9.17) is 9.47 Å². The first-order chi connectivity index (χ1) is 25.7. The molecule has 3 saturated carbocycles. The SMILES string of the molecule is C=C[C@@H]1C[C@]1(NC(=O)[C@@H]1C[C@@H]2CN1C(=O)[C@H](C1CCCCC1)NC(=O)OC(C)(C)CCC=Cc1cccc3c1CN(C3)C(=O)O2)C(=O)NS(=O)(=O)C1CC1. The molecule has 4 fully saturated rings. The van der Waals surface area contributed by atoms with Crippen LogP contribution in [0.4, 0.5) is 9.59 Å². The van der Waals surface area contributed by atoms with Crippen LogP contribution in [0.15, 0.2) is 36.9 Å². The Morgan fingerprint density at radius 1 is 1.06 bits per heavy atom. The van der Waals surface area contributed by atoms with Crippen molar-refractivity contribution in [1.82, 2.24) is 25.2 Å². The number of benzene rings is 1. The van der Waals surface area contributed by atoms with Crippen molar-refractivity contribution in [2.24, 2.45) is 11.8 Å². The van der Waals surface area contributed by atoms with Crippen LogP contribution >= 0.6 is 0 Å². The average Bonchev–Trinajstić information content (AvgIpc) is 4.02. The number of nitrogens with one attached hydrogen (secondary N) is 3. The molecular formula is C39H51N5O9S. The third-order valence-corrected chi connectivity index (χ3v) is 13.7. The number of cyclic esters (lactones) is 1. The van der Waals surface area contributed by atoms with E-state index in [0.717, 1.165) is 36.0 Å². The van der Waals surface area contributed by atoms with Crippen molar-refractivity contribution in [2.75, 3.05) is 6.54 Å². The summed E-state index contributed by atoms with van der Waals surface area (Å²) in [6.07, 6.45) is 9.56. The summed E-state index contributed by atoms with van der Waals surface area (Å²) in [7, 11) is -3.91. The topological polar surface area (TPSA) is 181 Å². The van der Waals surface area contributed by atoms with Gasteiger partial charge in [0.2, 0.25) is 21.8 Å². The number of amides is 5. The second-order valence-electron chi connectivity index (χ2n) is 16.4. The van der Waals surface area contributed by atoms with Crippen molar-refractivity contribution in [3.8, 4) is 0 Å². The average molecular weight is 766 g/mol. The van der Waals surface area contributed by atoms with Gasteiger partial charge in [0.25, 0.3) is 5.91 Å². The molecule has 4 bridgehead atoms. The molecule has 14 nitrogen and oxygen atoms in total. The van der Waals surface area contributed by atoms with E-state index in [2.05, 4.69) is 21.9 Å². The highest BCUT2D eigenvalue weighted by molar-refractivity contribution is 7.91. The quantitative estimate of drug-likeness (QED) is 0.346. The summed E-state index contributed by atoms with van der Waals surface area (Å²) in [4.78, 5) is 72.7. The minimum atomic E-state index is -3.91. The first kappa shape index (κ1) is 37.9. The Morgan fingerprint density at radius 2 is 1.81 bits per heavy atom. The molecule has 3 heterocycles. The maximum atomic E-state index is 14.7. The van der Waals surface area contributed by atoms with Gasteiger partial charge in [0.1, 0.15) is 29.3 Å². The van der Waals surface area contributed by atoms with Crippen molar-refractivity contribution in [2.45, 2.75) is 132 Å². The molecule has 0 aromatic heterocycles. The molecule has 7 rings (SSSR count). The summed E-state index contributed by atoms with van der Waals surface area (Å²) in [5.41, 5.74) is 0.542. The van der Waals surface area contributed by atoms with Crippen LogP contribution in [0.2, 0.25) is 0 Å². The maximum absolute atomic E-state index is 14.7. The van der Waals surface area contributed by atoms with Crippen LogP contribution in [0.1, 0.15) is 101 Å². The van der Waals surface area contributed by atoms with Gasteiger partial charge in [0.05, 0.1) is 18.3 Å². The van der Waals surface area contributed by atoms with Crippen molar-refractivity contribution in [3.63, 3.8) is 0 Å². The van der Waals surface area contributed by atoms with E-state index in [1.165, 1.54) is 11.0 Å². The number of nitrogens with zero attached hydrogens (tertiary/aromatic N) is 2. The lowest BCUT2D eigenvalue weighted by molar-refractivity contribution is -0.142. The summed E-state index contributed by atoms with van der Waals surface area (Å²) in [5.74, 6) is -2.81. The van der Waals surface area contributed by atoms with E-state index in [1.807, 2.05) is 44.2 Å². The number of carbonyl (C=O) groups is 5. The Kier molecular flexibility index (Phi) is 10.3. The minimum Gasteiger partial charge on any atom is -0.444 e. The highest BCUT2D eigenvalue weighted by Crippen LogP contribution is 2.45. The molecule has 1 saturated heterocycles. The highest BCUT2D eigenvalue weighted by atomic mass is 32.2. The molecule has 3 N–H and O–H groups in total. The van der Waals surface area contributed by atoms with Crippen LogP contribution in [-0.4, -0.2) is 89.2 Å². The number of allylic oxidation sites excluding steroid dienone is 1. The summed E-state index contributed by atoms with van der Waals surface area (Å²) in [5, 5.41) is 5.00. The van der Waals surface area contributed by atoms with Gasteiger partial charge in [-0.3, -0.25) is 24.0 Å². The van der Waals surface area contributed by atoms with Crippen molar-refractivity contribution < 1.29 is 41.9 Å². The van der Waals surface area contributed by atoms with Crippen LogP contribution < -0.4 is 15.4 Å². The zero-order chi connectivity index (χ0) is 38.4. The standard InChI is InChI=1S/C39H51N5O9S/c1-4-27-20-39(27,35(47)42-54(50,51)29-16-17-29)41-33(45)31-19-28-22-44(31)34(46)32(25-12-6-5-7-13-25)40-36(48)53-38(2,3)18-9-8-11-24-14-10-15-26-21-43(23-30(24)26)37(49)52-28/h4,8,10-11,14-15,25,27-29,31-32H,1,5-7,9,12-13,16-23H2,2-3H3,(H,40,48)(H,41,45)(H,42,47)/t27-,28-,31+,32+,39-/m1/s1. The van der Waals surface area contributed by atoms with Crippen LogP contribution in [0.25, 0.3) is 6.08 Å². The van der Waals surface area contributed by atoms with Gasteiger partial charge in [-0.05, 0) is 81.4 Å². The minimum absolute atomic E-state index is 0.0657. The largest absolute Gasteiger partial charge is 0.444 e. The van der Waals surface area contributed by atoms with Gasteiger partial charge in [0, 0.05) is 18.9 Å². The number of fused-ring (bicyclic) bond motifs is 3. The fourth-order valence-corrected chi connectivity index (χ4v) is 9.84. The third kappa shape index (κ3) is 7.87. The fraction of sp³-hybridized carbons (Fsp3) is 0.615. The van der Waals surface area contributed by atoms with Crippen LogP contribution in [0.3, 0.4) is 0 Å². The first-order valence-corrected chi connectivity index (χ1v) is 20.8. The lowest BCUT2D eigenvalue weighted by Gasteiger charge is -2.35. The van der Waals surface area contributed by atoms with Crippen molar-refractivity contribution >= 4 is 46.0 Å². The van der Waals surface area contributed by atoms with Crippen molar-refractivity contribution in [1.29, 1.82) is 0 Å². The number of carbonyl (C=O) groups excluding carboxylic acids is 5. The Balaban J connectivity index is 1.19. The Morgan fingerprint density at radius 3 is 2.52 bits per heavy atom. The predicted molar refractivity (Wildman–Crippen MR) is 198 cm³/mol. The molecule has 3 aliphatic carbocycles. The molecule has 5 atom stereocenters. The van der Waals surface area contributed by atoms with Crippen molar-refractivity contribution in [3.05, 3.63) is 53.6 Å². The molecular weight excluding hydrogens is 715 g/mol. The first-order valence-electron chi connectivity index (χ1n) is 19.2. The van der Waals surface area contributed by atoms with Gasteiger partial charge in [-0.15, -0.1) is 6.58 Å². The lowest BCUT2D eigenvalue weighted by atomic mass is 9.83. The summed E-state index contributed by atoms with van der Waals surface area (Å²) in [6.45, 7) is 7.97. The normalized spacial score (nSPS) is 30.2. The smallest absolute Gasteiger partial charge is 0.410 e. The molecule has 0 spiro atoms. The molecule has 1 aromatic rings. The highest BCUT2D eigenvalue weighted by Gasteiger charge is 2.62. The van der Waals surface area contributed by atoms with Gasteiger partial charge in [0.15, 0.2) is 0 Å². The molecule has 15 heteroatoms. The fourth-order valence-electron chi connectivity index (χ4n) is 8.47. The van der Waals surface area contributed by atoms with Gasteiger partial charge in [-0.2, -0.15) is 0 Å². The number of ether oxygens (including phenoxy) is 2. The molecule has 0 radical (unpaired) electrons. The van der Waals surface area contributed by atoms with E-state index < -0.39 is 80.4 Å². The Hall–Kier alpha value is -4.40. The van der Waals surface area contributed by atoms with Crippen LogP contribution in [-0.2, 0) is 47.0 Å². The summed E-state index contributed by atoms with van der Waals surface area (Å²) >= 11 is 0. The molecule has 5 amide bonds. The molecule has 0 unspecified atom stereocenters. The maximum Gasteiger partial charge on any atom is 0.410 e. The monoisotopic (exact) mass is 765 g/mol. The number of alkyl carbamates (subject to hydrolysis) is 1. The molecule has 1 aromatic carbocycles. The number of rotatable bonds is 7. The van der Waals surface area contributed by atoms with Gasteiger partial charge >= 0.3 is 12.2 Å². The second-order valence-corrected chi connectivity index (χ2v) is 18.3. The van der Waals surface area contributed by atoms with E-state index in [9.17, 15) is 32.4 Å². The lowest BCUT2D eigenvalue weighted by Crippen LogP contribution is -2.59. The molecule has 3 aliphatic heterocycles. The summed E-state index contributed by atoms with van der Waals surface area (Å²) < 4.78 is 39.5. The predicted octanol–water partition coefficient (Wildman–Crippen LogP) is 4.04. The second kappa shape index (κ2) is 14.7. The number of hydrogen-bond donors (Lipinski definition) is 3. The number of hydrogen-bond acceptors (Lipinski definition) is 9. The van der Waals surface area contributed by atoms with E-state index in [0.29, 0.717) is 51.6 Å². The zero-order valence-electron chi connectivity index (χ0n) is 31.0. The van der Waals surface area contributed by atoms with Gasteiger partial charge in [-0.25, -0.2) is 18.0 Å².